The van der Waals surface area contributed by atoms with Crippen molar-refractivity contribution >= 4 is 17.5 Å². The maximum absolute atomic E-state index is 12.0. The first kappa shape index (κ1) is 20.7. The SMILES string of the molecule is Cc1cc(-c2nc(Nc3ccc4c(c3)C(C)NC4=O)n(C)n2)ccc1-c1cnc(C2CC2)n1C. The van der Waals surface area contributed by atoms with Crippen molar-refractivity contribution in [2.24, 2.45) is 14.1 Å². The highest BCUT2D eigenvalue weighted by Crippen LogP contribution is 2.40. The Hall–Kier alpha value is -3.94. The minimum atomic E-state index is -0.0244. The Labute approximate surface area is 198 Å². The molecule has 6 rings (SSSR count). The standard InChI is InChI=1S/C26H27N7O/c1-14-11-17(7-9-19(14)22-13-27-24(32(22)3)16-5-6-16)23-30-26(33(4)31-23)29-18-8-10-20-21(12-18)15(2)28-25(20)34/h7-13,15-16H,5-6H2,1-4H3,(H,28,34)(H,29,30,31). The van der Waals surface area contributed by atoms with Gasteiger partial charge in [-0.15, -0.1) is 5.10 Å². The zero-order valence-electron chi connectivity index (χ0n) is 19.8. The number of carbonyl (C=O) groups excluding carboxylic acids is 1. The molecule has 8 heteroatoms. The Morgan fingerprint density at radius 1 is 1.09 bits per heavy atom. The number of aromatic nitrogens is 5. The van der Waals surface area contributed by atoms with Gasteiger partial charge in [0.1, 0.15) is 5.82 Å². The molecule has 3 heterocycles. The summed E-state index contributed by atoms with van der Waals surface area (Å²) >= 11 is 0. The Bertz CT molecular complexity index is 1440. The summed E-state index contributed by atoms with van der Waals surface area (Å²) < 4.78 is 3.96. The third-order valence-corrected chi connectivity index (χ3v) is 6.86. The van der Waals surface area contributed by atoms with Crippen LogP contribution in [0, 0.1) is 6.92 Å². The molecule has 0 radical (unpaired) electrons. The van der Waals surface area contributed by atoms with Gasteiger partial charge in [0.05, 0.1) is 17.9 Å². The number of carbonyl (C=O) groups is 1. The zero-order valence-corrected chi connectivity index (χ0v) is 19.8. The minimum Gasteiger partial charge on any atom is -0.345 e. The second kappa shape index (κ2) is 7.55. The van der Waals surface area contributed by atoms with Crippen LogP contribution in [-0.4, -0.2) is 30.2 Å². The Kier molecular flexibility index (Phi) is 4.58. The molecular weight excluding hydrogens is 426 g/mol. The van der Waals surface area contributed by atoms with Crippen LogP contribution < -0.4 is 10.6 Å². The molecule has 1 fully saturated rings. The van der Waals surface area contributed by atoms with Crippen LogP contribution in [-0.2, 0) is 14.1 Å². The van der Waals surface area contributed by atoms with Gasteiger partial charge in [-0.1, -0.05) is 12.1 Å². The second-order valence-corrected chi connectivity index (χ2v) is 9.37. The van der Waals surface area contributed by atoms with Crippen LogP contribution in [0.4, 0.5) is 11.6 Å². The van der Waals surface area contributed by atoms with Gasteiger partial charge in [0.25, 0.3) is 5.91 Å². The average Bonchev–Trinajstić information content (AvgIpc) is 3.41. The number of nitrogens with zero attached hydrogens (tertiary/aromatic N) is 5. The molecule has 1 aliphatic carbocycles. The average molecular weight is 454 g/mol. The highest BCUT2D eigenvalue weighted by molar-refractivity contribution is 5.99. The first-order chi connectivity index (χ1) is 16.4. The smallest absolute Gasteiger partial charge is 0.252 e. The molecule has 1 amide bonds. The van der Waals surface area contributed by atoms with E-state index in [1.165, 1.54) is 24.2 Å². The first-order valence-corrected chi connectivity index (χ1v) is 11.6. The van der Waals surface area contributed by atoms with E-state index in [1.807, 2.05) is 38.4 Å². The van der Waals surface area contributed by atoms with Crippen molar-refractivity contribution in [3.63, 3.8) is 0 Å². The molecular formula is C26H27N7O. The zero-order chi connectivity index (χ0) is 23.6. The molecule has 4 aromatic rings. The maximum atomic E-state index is 12.0. The fourth-order valence-electron chi connectivity index (χ4n) is 4.79. The normalized spacial score (nSPS) is 17.1. The number of fused-ring (bicyclic) bond motifs is 1. The lowest BCUT2D eigenvalue weighted by Gasteiger charge is -2.09. The molecule has 0 spiro atoms. The van der Waals surface area contributed by atoms with E-state index in [2.05, 4.69) is 57.5 Å². The third-order valence-electron chi connectivity index (χ3n) is 6.86. The van der Waals surface area contributed by atoms with Crippen molar-refractivity contribution in [2.45, 2.75) is 38.6 Å². The van der Waals surface area contributed by atoms with Crippen LogP contribution in [0.15, 0.2) is 42.6 Å². The van der Waals surface area contributed by atoms with Crippen LogP contribution in [0.1, 0.15) is 59.0 Å². The van der Waals surface area contributed by atoms with Gasteiger partial charge in [-0.3, -0.25) is 4.79 Å². The number of hydrogen-bond donors (Lipinski definition) is 2. The van der Waals surface area contributed by atoms with Crippen LogP contribution in [0.5, 0.6) is 0 Å². The summed E-state index contributed by atoms with van der Waals surface area (Å²) in [4.78, 5) is 21.4. The molecule has 1 unspecified atom stereocenters. The van der Waals surface area contributed by atoms with E-state index in [9.17, 15) is 4.79 Å². The molecule has 1 atom stereocenters. The summed E-state index contributed by atoms with van der Waals surface area (Å²) in [7, 11) is 3.98. The molecule has 2 N–H and O–H groups in total. The monoisotopic (exact) mass is 453 g/mol. The maximum Gasteiger partial charge on any atom is 0.252 e. The summed E-state index contributed by atoms with van der Waals surface area (Å²) in [5.41, 5.74) is 7.03. The fourth-order valence-corrected chi connectivity index (χ4v) is 4.79. The molecule has 34 heavy (non-hydrogen) atoms. The van der Waals surface area contributed by atoms with Gasteiger partial charge in [-0.2, -0.15) is 4.98 Å². The summed E-state index contributed by atoms with van der Waals surface area (Å²) in [5.74, 6) is 3.08. The predicted molar refractivity (Wildman–Crippen MR) is 131 cm³/mol. The van der Waals surface area contributed by atoms with Crippen LogP contribution in [0.3, 0.4) is 0 Å². The van der Waals surface area contributed by atoms with Crippen molar-refractivity contribution in [3.8, 4) is 22.6 Å². The summed E-state index contributed by atoms with van der Waals surface area (Å²) in [6.45, 7) is 4.10. The van der Waals surface area contributed by atoms with E-state index in [0.29, 0.717) is 17.7 Å². The molecule has 2 aliphatic rings. The van der Waals surface area contributed by atoms with Crippen LogP contribution in [0.2, 0.25) is 0 Å². The van der Waals surface area contributed by atoms with Gasteiger partial charge in [-0.05, 0) is 62.1 Å². The quantitative estimate of drug-likeness (QED) is 0.460. The van der Waals surface area contributed by atoms with Gasteiger partial charge < -0.3 is 15.2 Å². The van der Waals surface area contributed by atoms with Crippen LogP contribution >= 0.6 is 0 Å². The summed E-state index contributed by atoms with van der Waals surface area (Å²) in [6, 6.07) is 12.1. The van der Waals surface area contributed by atoms with Crippen molar-refractivity contribution in [1.29, 1.82) is 0 Å². The molecule has 8 nitrogen and oxygen atoms in total. The fraction of sp³-hybridized carbons (Fsp3) is 0.308. The van der Waals surface area contributed by atoms with E-state index >= 15 is 0 Å². The van der Waals surface area contributed by atoms with Gasteiger partial charge in [-0.25, -0.2) is 9.67 Å². The van der Waals surface area contributed by atoms with E-state index in [-0.39, 0.29) is 11.9 Å². The number of amides is 1. The number of nitrogens with one attached hydrogen (secondary N) is 2. The molecule has 1 aliphatic heterocycles. The highest BCUT2D eigenvalue weighted by atomic mass is 16.2. The lowest BCUT2D eigenvalue weighted by Crippen LogP contribution is -2.16. The van der Waals surface area contributed by atoms with E-state index < -0.39 is 0 Å². The molecule has 2 aromatic carbocycles. The van der Waals surface area contributed by atoms with Gasteiger partial charge in [0.15, 0.2) is 5.82 Å². The Morgan fingerprint density at radius 2 is 1.88 bits per heavy atom. The third kappa shape index (κ3) is 3.37. The predicted octanol–water partition coefficient (Wildman–Crippen LogP) is 4.62. The van der Waals surface area contributed by atoms with Crippen molar-refractivity contribution in [3.05, 3.63) is 65.1 Å². The number of aryl methyl sites for hydroxylation is 2. The van der Waals surface area contributed by atoms with Gasteiger partial charge in [0.2, 0.25) is 5.95 Å². The number of benzene rings is 2. The number of anilines is 2. The molecule has 2 aromatic heterocycles. The first-order valence-electron chi connectivity index (χ1n) is 11.6. The van der Waals surface area contributed by atoms with Gasteiger partial charge >= 0.3 is 0 Å². The second-order valence-electron chi connectivity index (χ2n) is 9.37. The van der Waals surface area contributed by atoms with E-state index in [0.717, 1.165) is 33.6 Å². The summed E-state index contributed by atoms with van der Waals surface area (Å²) in [6.07, 6.45) is 4.46. The lowest BCUT2D eigenvalue weighted by atomic mass is 10.0. The number of rotatable bonds is 5. The largest absolute Gasteiger partial charge is 0.345 e. The Morgan fingerprint density at radius 3 is 2.65 bits per heavy atom. The van der Waals surface area contributed by atoms with E-state index in [4.69, 9.17) is 4.98 Å². The lowest BCUT2D eigenvalue weighted by molar-refractivity contribution is 0.0958. The Balaban J connectivity index is 1.27. The number of imidazole rings is 1. The van der Waals surface area contributed by atoms with E-state index in [1.54, 1.807) is 4.68 Å². The highest BCUT2D eigenvalue weighted by Gasteiger charge is 2.29. The minimum absolute atomic E-state index is 0.000536. The van der Waals surface area contributed by atoms with Crippen LogP contribution in [0.25, 0.3) is 22.6 Å². The molecule has 0 saturated heterocycles. The topological polar surface area (TPSA) is 89.7 Å². The van der Waals surface area contributed by atoms with Gasteiger partial charge in [0, 0.05) is 42.4 Å². The summed E-state index contributed by atoms with van der Waals surface area (Å²) in [5, 5.41) is 10.9. The number of hydrogen-bond acceptors (Lipinski definition) is 5. The van der Waals surface area contributed by atoms with Crippen molar-refractivity contribution < 1.29 is 4.79 Å². The van der Waals surface area contributed by atoms with Crippen molar-refractivity contribution in [1.82, 2.24) is 29.6 Å². The molecule has 1 saturated carbocycles. The van der Waals surface area contributed by atoms with Crippen molar-refractivity contribution in [2.75, 3.05) is 5.32 Å². The molecule has 172 valence electrons. The molecule has 0 bridgehead atoms.